The van der Waals surface area contributed by atoms with Crippen LogP contribution >= 0.6 is 0 Å². The zero-order valence-corrected chi connectivity index (χ0v) is 14.5. The van der Waals surface area contributed by atoms with Crippen LogP contribution in [0.5, 0.6) is 5.75 Å². The first kappa shape index (κ1) is 18.0. The minimum absolute atomic E-state index is 0.00408. The molecule has 0 saturated carbocycles. The lowest BCUT2D eigenvalue weighted by atomic mass is 10.2. The quantitative estimate of drug-likeness (QED) is 0.719. The summed E-state index contributed by atoms with van der Waals surface area (Å²) in [4.78, 5) is 12.3. The average molecular weight is 348 g/mol. The Labute approximate surface area is 142 Å². The van der Waals surface area contributed by atoms with Crippen LogP contribution in [-0.4, -0.2) is 26.7 Å². The molecule has 0 atom stereocenters. The zero-order valence-electron chi connectivity index (χ0n) is 13.7. The van der Waals surface area contributed by atoms with E-state index in [4.69, 9.17) is 9.47 Å². The van der Waals surface area contributed by atoms with Crippen LogP contribution in [0.25, 0.3) is 0 Å². The summed E-state index contributed by atoms with van der Waals surface area (Å²) in [7, 11) is -3.50. The molecular formula is C18H20O5S. The molecule has 0 bridgehead atoms. The number of sulfone groups is 1. The number of hydrogen-bond acceptors (Lipinski definition) is 5. The second kappa shape index (κ2) is 7.97. The highest BCUT2D eigenvalue weighted by atomic mass is 32.2. The van der Waals surface area contributed by atoms with Crippen molar-refractivity contribution in [1.29, 1.82) is 0 Å². The predicted molar refractivity (Wildman–Crippen MR) is 90.9 cm³/mol. The normalized spacial score (nSPS) is 11.1. The Hall–Kier alpha value is -2.34. The van der Waals surface area contributed by atoms with E-state index in [1.165, 1.54) is 19.1 Å². The SMILES string of the molecule is CCOc1ccccc1COC(=O)c1ccccc1S(=O)(=O)CC. The Bertz CT molecular complexity index is 812. The summed E-state index contributed by atoms with van der Waals surface area (Å²) in [6.07, 6.45) is 0. The van der Waals surface area contributed by atoms with E-state index in [2.05, 4.69) is 0 Å². The predicted octanol–water partition coefficient (Wildman–Crippen LogP) is 3.24. The Morgan fingerprint density at radius 3 is 2.38 bits per heavy atom. The van der Waals surface area contributed by atoms with Gasteiger partial charge in [-0.15, -0.1) is 0 Å². The van der Waals surface area contributed by atoms with Crippen LogP contribution in [0.1, 0.15) is 29.8 Å². The maximum Gasteiger partial charge on any atom is 0.339 e. The van der Waals surface area contributed by atoms with E-state index in [-0.39, 0.29) is 22.8 Å². The van der Waals surface area contributed by atoms with Gasteiger partial charge in [-0.1, -0.05) is 37.3 Å². The summed E-state index contributed by atoms with van der Waals surface area (Å²) >= 11 is 0. The highest BCUT2D eigenvalue weighted by Crippen LogP contribution is 2.21. The maximum atomic E-state index is 12.3. The molecule has 2 aromatic carbocycles. The van der Waals surface area contributed by atoms with E-state index in [0.717, 1.165) is 5.56 Å². The molecule has 0 unspecified atom stereocenters. The second-order valence-corrected chi connectivity index (χ2v) is 7.26. The molecule has 2 aromatic rings. The lowest BCUT2D eigenvalue weighted by Crippen LogP contribution is -2.13. The summed E-state index contributed by atoms with van der Waals surface area (Å²) in [6, 6.07) is 13.3. The smallest absolute Gasteiger partial charge is 0.339 e. The van der Waals surface area contributed by atoms with Crippen molar-refractivity contribution in [2.45, 2.75) is 25.3 Å². The monoisotopic (exact) mass is 348 g/mol. The number of carbonyl (C=O) groups is 1. The van der Waals surface area contributed by atoms with Crippen molar-refractivity contribution in [3.63, 3.8) is 0 Å². The van der Waals surface area contributed by atoms with E-state index >= 15 is 0 Å². The summed E-state index contributed by atoms with van der Waals surface area (Å²) in [5, 5.41) is 0. The molecule has 0 amide bonds. The van der Waals surface area contributed by atoms with E-state index in [0.29, 0.717) is 12.4 Å². The standard InChI is InChI=1S/C18H20O5S/c1-3-22-16-11-7-5-9-14(16)13-23-18(19)15-10-6-8-12-17(15)24(20,21)4-2/h5-12H,3-4,13H2,1-2H3. The van der Waals surface area contributed by atoms with Gasteiger partial charge in [-0.25, -0.2) is 13.2 Å². The Kier molecular flexibility index (Phi) is 5.98. The Morgan fingerprint density at radius 1 is 1.00 bits per heavy atom. The molecular weight excluding hydrogens is 328 g/mol. The van der Waals surface area contributed by atoms with Gasteiger partial charge >= 0.3 is 5.97 Å². The lowest BCUT2D eigenvalue weighted by Gasteiger charge is -2.12. The molecule has 0 aliphatic carbocycles. The summed E-state index contributed by atoms with van der Waals surface area (Å²) in [6.45, 7) is 3.92. The molecule has 0 N–H and O–H groups in total. The molecule has 5 nitrogen and oxygen atoms in total. The summed E-state index contributed by atoms with van der Waals surface area (Å²) < 4.78 is 35.0. The van der Waals surface area contributed by atoms with Crippen LogP contribution in [0.15, 0.2) is 53.4 Å². The topological polar surface area (TPSA) is 69.7 Å². The van der Waals surface area contributed by atoms with E-state index in [1.807, 2.05) is 19.1 Å². The minimum Gasteiger partial charge on any atom is -0.493 e. The van der Waals surface area contributed by atoms with Gasteiger partial charge in [-0.3, -0.25) is 0 Å². The number of benzene rings is 2. The van der Waals surface area contributed by atoms with Gasteiger partial charge in [0.2, 0.25) is 0 Å². The zero-order chi connectivity index (χ0) is 17.6. The molecule has 0 saturated heterocycles. The van der Waals surface area contributed by atoms with Crippen molar-refractivity contribution in [2.24, 2.45) is 0 Å². The van der Waals surface area contributed by atoms with Gasteiger partial charge in [0.05, 0.1) is 22.8 Å². The fourth-order valence-corrected chi connectivity index (χ4v) is 3.29. The number of para-hydroxylation sites is 1. The molecule has 0 aliphatic heterocycles. The number of carbonyl (C=O) groups excluding carboxylic acids is 1. The van der Waals surface area contributed by atoms with Crippen LogP contribution in [-0.2, 0) is 21.2 Å². The molecule has 0 radical (unpaired) electrons. The van der Waals surface area contributed by atoms with E-state index in [9.17, 15) is 13.2 Å². The number of esters is 1. The molecule has 0 spiro atoms. The van der Waals surface area contributed by atoms with Gasteiger partial charge in [0, 0.05) is 5.56 Å². The van der Waals surface area contributed by atoms with Crippen molar-refractivity contribution in [3.8, 4) is 5.75 Å². The van der Waals surface area contributed by atoms with Gasteiger partial charge in [0.25, 0.3) is 0 Å². The van der Waals surface area contributed by atoms with Gasteiger partial charge in [0.1, 0.15) is 12.4 Å². The third kappa shape index (κ3) is 4.14. The van der Waals surface area contributed by atoms with Gasteiger partial charge in [-0.2, -0.15) is 0 Å². The first-order valence-corrected chi connectivity index (χ1v) is 9.34. The second-order valence-electron chi connectivity index (χ2n) is 5.02. The van der Waals surface area contributed by atoms with E-state index < -0.39 is 15.8 Å². The highest BCUT2D eigenvalue weighted by molar-refractivity contribution is 7.91. The van der Waals surface area contributed by atoms with Crippen LogP contribution in [0.4, 0.5) is 0 Å². The first-order chi connectivity index (χ1) is 11.5. The van der Waals surface area contributed by atoms with Crippen LogP contribution in [0.3, 0.4) is 0 Å². The molecule has 6 heteroatoms. The number of hydrogen-bond donors (Lipinski definition) is 0. The van der Waals surface area contributed by atoms with Crippen LogP contribution in [0, 0.1) is 0 Å². The summed E-state index contributed by atoms with van der Waals surface area (Å²) in [5.41, 5.74) is 0.775. The third-order valence-electron chi connectivity index (χ3n) is 3.45. The molecule has 0 fully saturated rings. The van der Waals surface area contributed by atoms with Gasteiger partial charge < -0.3 is 9.47 Å². The van der Waals surface area contributed by atoms with Crippen molar-refractivity contribution in [2.75, 3.05) is 12.4 Å². The molecule has 24 heavy (non-hydrogen) atoms. The maximum absolute atomic E-state index is 12.3. The Morgan fingerprint density at radius 2 is 1.67 bits per heavy atom. The third-order valence-corrected chi connectivity index (χ3v) is 5.24. The molecule has 0 aliphatic rings. The van der Waals surface area contributed by atoms with Crippen LogP contribution in [0.2, 0.25) is 0 Å². The molecule has 2 rings (SSSR count). The van der Waals surface area contributed by atoms with Crippen molar-refractivity contribution in [3.05, 3.63) is 59.7 Å². The first-order valence-electron chi connectivity index (χ1n) is 7.69. The fraction of sp³-hybridized carbons (Fsp3) is 0.278. The number of ether oxygens (including phenoxy) is 2. The van der Waals surface area contributed by atoms with E-state index in [1.54, 1.807) is 24.3 Å². The van der Waals surface area contributed by atoms with Crippen molar-refractivity contribution < 1.29 is 22.7 Å². The minimum atomic E-state index is -3.50. The molecule has 0 heterocycles. The van der Waals surface area contributed by atoms with Crippen molar-refractivity contribution >= 4 is 15.8 Å². The highest BCUT2D eigenvalue weighted by Gasteiger charge is 2.21. The fourth-order valence-electron chi connectivity index (χ4n) is 2.20. The Balaban J connectivity index is 2.21. The average Bonchev–Trinajstić information content (AvgIpc) is 2.61. The van der Waals surface area contributed by atoms with Crippen molar-refractivity contribution in [1.82, 2.24) is 0 Å². The lowest BCUT2D eigenvalue weighted by molar-refractivity contribution is 0.0465. The number of rotatable bonds is 7. The largest absolute Gasteiger partial charge is 0.493 e. The van der Waals surface area contributed by atoms with Gasteiger partial charge in [-0.05, 0) is 25.1 Å². The van der Waals surface area contributed by atoms with Crippen LogP contribution < -0.4 is 4.74 Å². The van der Waals surface area contributed by atoms with Gasteiger partial charge in [0.15, 0.2) is 9.84 Å². The molecule has 0 aromatic heterocycles. The molecule has 128 valence electrons. The summed E-state index contributed by atoms with van der Waals surface area (Å²) in [5.74, 6) is -0.110.